The van der Waals surface area contributed by atoms with Gasteiger partial charge in [0.2, 0.25) is 0 Å². The van der Waals surface area contributed by atoms with Crippen LogP contribution in [-0.2, 0) is 19.8 Å². The number of halogens is 3. The summed E-state index contributed by atoms with van der Waals surface area (Å²) in [6.45, 7) is 7.23. The summed E-state index contributed by atoms with van der Waals surface area (Å²) in [5.41, 5.74) is 2.38. The van der Waals surface area contributed by atoms with E-state index in [0.717, 1.165) is 35.9 Å². The Morgan fingerprint density at radius 3 is 2.47 bits per heavy atom. The van der Waals surface area contributed by atoms with E-state index in [4.69, 9.17) is 9.72 Å². The molecule has 1 N–H and O–H groups in total. The van der Waals surface area contributed by atoms with Crippen molar-refractivity contribution in [3.05, 3.63) is 71.9 Å². The Bertz CT molecular complexity index is 1370. The SMILES string of the molecule is CCCCOc1cnc(-c2cccnc2C(C)C)nc1NCc1ccc(-c2nc(C(F)(F)F)cn2C)cc1. The van der Waals surface area contributed by atoms with E-state index >= 15 is 0 Å². The van der Waals surface area contributed by atoms with Crippen molar-refractivity contribution in [2.45, 2.75) is 52.3 Å². The number of anilines is 1. The average Bonchev–Trinajstić information content (AvgIpc) is 3.30. The second kappa shape index (κ2) is 11.6. The topological polar surface area (TPSA) is 77.8 Å². The minimum absolute atomic E-state index is 0.205. The quantitative estimate of drug-likeness (QED) is 0.228. The van der Waals surface area contributed by atoms with Gasteiger partial charge in [0.15, 0.2) is 23.1 Å². The number of nitrogens with one attached hydrogen (secondary N) is 1. The molecule has 0 aliphatic heterocycles. The Kier molecular flexibility index (Phi) is 8.29. The predicted octanol–water partition coefficient (Wildman–Crippen LogP) is 6.87. The zero-order valence-electron chi connectivity index (χ0n) is 21.9. The molecule has 0 saturated carbocycles. The van der Waals surface area contributed by atoms with Gasteiger partial charge < -0.3 is 14.6 Å². The number of nitrogens with zero attached hydrogens (tertiary/aromatic N) is 5. The summed E-state index contributed by atoms with van der Waals surface area (Å²) < 4.78 is 46.5. The van der Waals surface area contributed by atoms with Crippen LogP contribution < -0.4 is 10.1 Å². The fraction of sp³-hybridized carbons (Fsp3) is 0.357. The van der Waals surface area contributed by atoms with E-state index in [1.54, 1.807) is 31.6 Å². The molecule has 0 radical (unpaired) electrons. The van der Waals surface area contributed by atoms with Crippen molar-refractivity contribution in [1.82, 2.24) is 24.5 Å². The first-order chi connectivity index (χ1) is 18.2. The van der Waals surface area contributed by atoms with Crippen LogP contribution in [0, 0.1) is 0 Å². The van der Waals surface area contributed by atoms with Crippen molar-refractivity contribution < 1.29 is 17.9 Å². The lowest BCUT2D eigenvalue weighted by Crippen LogP contribution is -2.08. The molecule has 0 aliphatic carbocycles. The molecule has 3 heterocycles. The first-order valence-corrected chi connectivity index (χ1v) is 12.6. The number of hydrogen-bond donors (Lipinski definition) is 1. The molecule has 0 amide bonds. The van der Waals surface area contributed by atoms with Gasteiger partial charge >= 0.3 is 6.18 Å². The summed E-state index contributed by atoms with van der Waals surface area (Å²) in [6, 6.07) is 11.0. The highest BCUT2D eigenvalue weighted by Gasteiger charge is 2.34. The summed E-state index contributed by atoms with van der Waals surface area (Å²) in [7, 11) is 1.55. The monoisotopic (exact) mass is 524 g/mol. The van der Waals surface area contributed by atoms with Gasteiger partial charge in [-0.15, -0.1) is 0 Å². The average molecular weight is 525 g/mol. The Hall–Kier alpha value is -3.95. The summed E-state index contributed by atoms with van der Waals surface area (Å²) in [6.07, 6.45) is 1.86. The molecular formula is C28H31F3N6O. The van der Waals surface area contributed by atoms with Gasteiger partial charge in [0.1, 0.15) is 5.82 Å². The minimum Gasteiger partial charge on any atom is -0.488 e. The molecule has 7 nitrogen and oxygen atoms in total. The molecule has 0 aliphatic rings. The van der Waals surface area contributed by atoms with E-state index in [2.05, 4.69) is 41.0 Å². The van der Waals surface area contributed by atoms with E-state index in [1.165, 1.54) is 4.57 Å². The maximum atomic E-state index is 13.0. The predicted molar refractivity (Wildman–Crippen MR) is 141 cm³/mol. The van der Waals surface area contributed by atoms with Gasteiger partial charge in [0, 0.05) is 37.1 Å². The standard InChI is InChI=1S/C28H31F3N6O/c1-5-6-14-38-22-16-34-25(21-8-7-13-32-24(21)18(2)3)36-26(22)33-15-19-9-11-20(12-10-19)27-35-23(17-37(27)4)28(29,30)31/h7-13,16-18H,5-6,14-15H2,1-4H3,(H,33,34,36). The van der Waals surface area contributed by atoms with Crippen LogP contribution in [0.1, 0.15) is 56.5 Å². The lowest BCUT2D eigenvalue weighted by molar-refractivity contribution is -0.140. The lowest BCUT2D eigenvalue weighted by Gasteiger charge is -2.15. The maximum absolute atomic E-state index is 13.0. The Morgan fingerprint density at radius 2 is 1.82 bits per heavy atom. The zero-order chi connectivity index (χ0) is 27.3. The van der Waals surface area contributed by atoms with Gasteiger partial charge in [-0.25, -0.2) is 15.0 Å². The van der Waals surface area contributed by atoms with E-state index in [0.29, 0.717) is 36.1 Å². The highest BCUT2D eigenvalue weighted by molar-refractivity contribution is 5.63. The first-order valence-electron chi connectivity index (χ1n) is 12.6. The number of aromatic nitrogens is 5. The van der Waals surface area contributed by atoms with Crippen LogP contribution >= 0.6 is 0 Å². The third-order valence-corrected chi connectivity index (χ3v) is 5.98. The molecule has 3 aromatic heterocycles. The van der Waals surface area contributed by atoms with Gasteiger partial charge in [-0.2, -0.15) is 13.2 Å². The van der Waals surface area contributed by atoms with Gasteiger partial charge in [-0.1, -0.05) is 51.5 Å². The van der Waals surface area contributed by atoms with E-state index in [9.17, 15) is 13.2 Å². The molecule has 1 aromatic carbocycles. The molecule has 0 atom stereocenters. The van der Waals surface area contributed by atoms with Gasteiger partial charge in [0.05, 0.1) is 18.5 Å². The Labute approximate surface area is 220 Å². The minimum atomic E-state index is -4.49. The normalized spacial score (nSPS) is 11.7. The maximum Gasteiger partial charge on any atom is 0.434 e. The highest BCUT2D eigenvalue weighted by Crippen LogP contribution is 2.31. The lowest BCUT2D eigenvalue weighted by atomic mass is 10.0. The highest BCUT2D eigenvalue weighted by atomic mass is 19.4. The molecule has 0 spiro atoms. The molecule has 4 rings (SSSR count). The van der Waals surface area contributed by atoms with E-state index in [1.807, 2.05) is 24.3 Å². The molecule has 0 fully saturated rings. The number of alkyl halides is 3. The third-order valence-electron chi connectivity index (χ3n) is 5.98. The number of imidazole rings is 1. The molecule has 0 unspecified atom stereocenters. The van der Waals surface area contributed by atoms with Crippen molar-refractivity contribution in [2.24, 2.45) is 7.05 Å². The Morgan fingerprint density at radius 1 is 1.05 bits per heavy atom. The number of benzene rings is 1. The molecule has 10 heteroatoms. The fourth-order valence-corrected chi connectivity index (χ4v) is 3.95. The van der Waals surface area contributed by atoms with Gasteiger partial charge in [0.25, 0.3) is 0 Å². The molecule has 38 heavy (non-hydrogen) atoms. The van der Waals surface area contributed by atoms with Crippen LogP contribution in [0.5, 0.6) is 5.75 Å². The fourth-order valence-electron chi connectivity index (χ4n) is 3.95. The van der Waals surface area contributed by atoms with Crippen molar-refractivity contribution >= 4 is 5.82 Å². The van der Waals surface area contributed by atoms with Crippen LogP contribution in [0.15, 0.2) is 55.0 Å². The van der Waals surface area contributed by atoms with Crippen molar-refractivity contribution in [1.29, 1.82) is 0 Å². The first kappa shape index (κ1) is 27.1. The number of aryl methyl sites for hydroxylation is 1. The van der Waals surface area contributed by atoms with Crippen LogP contribution in [0.4, 0.5) is 19.0 Å². The summed E-state index contributed by atoms with van der Waals surface area (Å²) >= 11 is 0. The van der Waals surface area contributed by atoms with Crippen LogP contribution in [0.3, 0.4) is 0 Å². The third kappa shape index (κ3) is 6.30. The molecule has 4 aromatic rings. The zero-order valence-corrected chi connectivity index (χ0v) is 21.9. The summed E-state index contributed by atoms with van der Waals surface area (Å²) in [5.74, 6) is 2.13. The smallest absolute Gasteiger partial charge is 0.434 e. The second-order valence-electron chi connectivity index (χ2n) is 9.31. The van der Waals surface area contributed by atoms with Crippen LogP contribution in [0.2, 0.25) is 0 Å². The van der Waals surface area contributed by atoms with Crippen molar-refractivity contribution in [3.63, 3.8) is 0 Å². The number of rotatable bonds is 10. The van der Waals surface area contributed by atoms with Crippen molar-refractivity contribution in [3.8, 4) is 28.5 Å². The molecule has 0 saturated heterocycles. The second-order valence-corrected chi connectivity index (χ2v) is 9.31. The van der Waals surface area contributed by atoms with E-state index < -0.39 is 11.9 Å². The van der Waals surface area contributed by atoms with Gasteiger partial charge in [-0.05, 0) is 30.0 Å². The van der Waals surface area contributed by atoms with Crippen LogP contribution in [-0.4, -0.2) is 31.1 Å². The largest absolute Gasteiger partial charge is 0.488 e. The molecule has 0 bridgehead atoms. The number of hydrogen-bond acceptors (Lipinski definition) is 6. The Balaban J connectivity index is 1.56. The summed E-state index contributed by atoms with van der Waals surface area (Å²) in [5, 5.41) is 3.34. The summed E-state index contributed by atoms with van der Waals surface area (Å²) in [4.78, 5) is 17.6. The number of unbranched alkanes of at least 4 members (excludes halogenated alkanes) is 1. The number of ether oxygens (including phenoxy) is 1. The van der Waals surface area contributed by atoms with Crippen LogP contribution in [0.25, 0.3) is 22.8 Å². The van der Waals surface area contributed by atoms with Gasteiger partial charge in [-0.3, -0.25) is 4.98 Å². The van der Waals surface area contributed by atoms with E-state index in [-0.39, 0.29) is 11.7 Å². The van der Waals surface area contributed by atoms with Crippen molar-refractivity contribution in [2.75, 3.05) is 11.9 Å². The number of pyridine rings is 1. The molecular weight excluding hydrogens is 493 g/mol. The molecule has 200 valence electrons.